The van der Waals surface area contributed by atoms with Crippen LogP contribution in [0.25, 0.3) is 6.08 Å². The summed E-state index contributed by atoms with van der Waals surface area (Å²) in [4.78, 5) is 24.7. The topological polar surface area (TPSA) is 61.4 Å². The van der Waals surface area contributed by atoms with E-state index in [0.29, 0.717) is 17.4 Å². The summed E-state index contributed by atoms with van der Waals surface area (Å²) in [5.74, 6) is -0.220. The highest BCUT2D eigenvalue weighted by Gasteiger charge is 2.29. The maximum Gasteiger partial charge on any atom is 0.276 e. The standard InChI is InChI=1S/C15H17N3O2S/c1-3-8-18-14(20)13(17-15(18)21)9-11-4-6-12(7-5-11)16-10(2)19/h4-7,9H,3,8H2,1-2H3,(H,16,19)(H,17,21)/b13-9+. The summed E-state index contributed by atoms with van der Waals surface area (Å²) in [7, 11) is 0. The van der Waals surface area contributed by atoms with Crippen LogP contribution in [0, 0.1) is 0 Å². The number of amides is 2. The highest BCUT2D eigenvalue weighted by atomic mass is 32.1. The molecule has 0 unspecified atom stereocenters. The van der Waals surface area contributed by atoms with Crippen molar-refractivity contribution in [3.63, 3.8) is 0 Å². The lowest BCUT2D eigenvalue weighted by molar-refractivity contribution is -0.122. The van der Waals surface area contributed by atoms with Crippen LogP contribution in [0.5, 0.6) is 0 Å². The normalized spacial score (nSPS) is 16.3. The van der Waals surface area contributed by atoms with Gasteiger partial charge < -0.3 is 10.6 Å². The fraction of sp³-hybridized carbons (Fsp3) is 0.267. The Balaban J connectivity index is 2.15. The first-order valence-corrected chi connectivity index (χ1v) is 7.14. The molecular formula is C15H17N3O2S. The minimum Gasteiger partial charge on any atom is -0.328 e. The van der Waals surface area contributed by atoms with Crippen LogP contribution >= 0.6 is 12.2 Å². The van der Waals surface area contributed by atoms with Crippen molar-refractivity contribution in [2.45, 2.75) is 20.3 Å². The van der Waals surface area contributed by atoms with Crippen LogP contribution < -0.4 is 10.6 Å². The molecule has 1 aliphatic heterocycles. The summed E-state index contributed by atoms with van der Waals surface area (Å²) in [5, 5.41) is 6.07. The van der Waals surface area contributed by atoms with Crippen molar-refractivity contribution in [2.75, 3.05) is 11.9 Å². The molecule has 2 rings (SSSR count). The molecule has 5 nitrogen and oxygen atoms in total. The first-order chi connectivity index (χ1) is 10.0. The first kappa shape index (κ1) is 15.2. The Kier molecular flexibility index (Phi) is 4.70. The summed E-state index contributed by atoms with van der Waals surface area (Å²) >= 11 is 5.15. The van der Waals surface area contributed by atoms with E-state index in [1.807, 2.05) is 19.1 Å². The molecule has 1 fully saturated rings. The Hall–Kier alpha value is -2.21. The summed E-state index contributed by atoms with van der Waals surface area (Å²) in [6, 6.07) is 7.24. The Morgan fingerprint density at radius 2 is 2.05 bits per heavy atom. The van der Waals surface area contributed by atoms with Crippen LogP contribution in [0.15, 0.2) is 30.0 Å². The van der Waals surface area contributed by atoms with Gasteiger partial charge in [-0.05, 0) is 42.4 Å². The van der Waals surface area contributed by atoms with Crippen molar-refractivity contribution in [1.82, 2.24) is 10.2 Å². The average molecular weight is 303 g/mol. The van der Waals surface area contributed by atoms with E-state index in [-0.39, 0.29) is 11.8 Å². The van der Waals surface area contributed by atoms with Gasteiger partial charge in [0.25, 0.3) is 5.91 Å². The number of rotatable bonds is 4. The molecule has 1 saturated heterocycles. The maximum atomic E-state index is 12.2. The van der Waals surface area contributed by atoms with Crippen LogP contribution in [0.2, 0.25) is 0 Å². The van der Waals surface area contributed by atoms with Crippen LogP contribution in [-0.4, -0.2) is 28.4 Å². The number of nitrogens with zero attached hydrogens (tertiary/aromatic N) is 1. The number of thiocarbonyl (C=S) groups is 1. The van der Waals surface area contributed by atoms with Crippen LogP contribution in [0.1, 0.15) is 25.8 Å². The molecule has 1 heterocycles. The highest BCUT2D eigenvalue weighted by molar-refractivity contribution is 7.80. The van der Waals surface area contributed by atoms with E-state index < -0.39 is 0 Å². The van der Waals surface area contributed by atoms with Gasteiger partial charge in [0, 0.05) is 19.2 Å². The van der Waals surface area contributed by atoms with E-state index in [1.165, 1.54) is 6.92 Å². The minimum absolute atomic E-state index is 0.104. The summed E-state index contributed by atoms with van der Waals surface area (Å²) in [6.45, 7) is 4.07. The van der Waals surface area contributed by atoms with Gasteiger partial charge in [-0.15, -0.1) is 0 Å². The molecule has 1 aliphatic rings. The molecule has 1 aromatic rings. The van der Waals surface area contributed by atoms with Gasteiger partial charge in [0.05, 0.1) is 0 Å². The molecule has 2 N–H and O–H groups in total. The zero-order chi connectivity index (χ0) is 15.4. The van der Waals surface area contributed by atoms with E-state index >= 15 is 0 Å². The van der Waals surface area contributed by atoms with Gasteiger partial charge in [-0.2, -0.15) is 0 Å². The molecule has 0 atom stereocenters. The van der Waals surface area contributed by atoms with Crippen LogP contribution in [0.4, 0.5) is 5.69 Å². The van der Waals surface area contributed by atoms with Crippen LogP contribution in [-0.2, 0) is 9.59 Å². The third-order valence-electron chi connectivity index (χ3n) is 2.95. The number of anilines is 1. The largest absolute Gasteiger partial charge is 0.328 e. The lowest BCUT2D eigenvalue weighted by atomic mass is 10.1. The Bertz CT molecular complexity index is 608. The number of nitrogens with one attached hydrogen (secondary N) is 2. The fourth-order valence-electron chi connectivity index (χ4n) is 2.03. The third kappa shape index (κ3) is 3.66. The second-order valence-corrected chi connectivity index (χ2v) is 5.13. The molecule has 0 radical (unpaired) electrons. The molecule has 0 bridgehead atoms. The third-order valence-corrected chi connectivity index (χ3v) is 3.27. The van der Waals surface area contributed by atoms with Gasteiger partial charge >= 0.3 is 0 Å². The fourth-order valence-corrected chi connectivity index (χ4v) is 2.32. The van der Waals surface area contributed by atoms with E-state index in [1.54, 1.807) is 23.1 Å². The van der Waals surface area contributed by atoms with Gasteiger partial charge in [-0.3, -0.25) is 14.5 Å². The van der Waals surface area contributed by atoms with E-state index in [2.05, 4.69) is 10.6 Å². The first-order valence-electron chi connectivity index (χ1n) is 6.73. The Morgan fingerprint density at radius 3 is 2.62 bits per heavy atom. The molecule has 6 heteroatoms. The molecule has 0 spiro atoms. The van der Waals surface area contributed by atoms with Gasteiger partial charge in [0.2, 0.25) is 5.91 Å². The van der Waals surface area contributed by atoms with Crippen molar-refractivity contribution in [3.05, 3.63) is 35.5 Å². The number of carbonyl (C=O) groups excluding carboxylic acids is 2. The predicted octanol–water partition coefficient (Wildman–Crippen LogP) is 2.11. The quantitative estimate of drug-likeness (QED) is 0.660. The molecular weight excluding hydrogens is 286 g/mol. The zero-order valence-electron chi connectivity index (χ0n) is 12.0. The molecule has 2 amide bonds. The van der Waals surface area contributed by atoms with Gasteiger partial charge in [-0.25, -0.2) is 0 Å². The summed E-state index contributed by atoms with van der Waals surface area (Å²) in [6.07, 6.45) is 2.61. The van der Waals surface area contributed by atoms with Gasteiger partial charge in [-0.1, -0.05) is 19.1 Å². The van der Waals surface area contributed by atoms with Crippen molar-refractivity contribution in [3.8, 4) is 0 Å². The molecule has 1 aromatic carbocycles. The van der Waals surface area contributed by atoms with Crippen LogP contribution in [0.3, 0.4) is 0 Å². The number of hydrogen-bond acceptors (Lipinski definition) is 3. The minimum atomic E-state index is -0.116. The monoisotopic (exact) mass is 303 g/mol. The van der Waals surface area contributed by atoms with E-state index in [4.69, 9.17) is 12.2 Å². The van der Waals surface area contributed by atoms with Crippen molar-refractivity contribution >= 4 is 40.9 Å². The molecule has 21 heavy (non-hydrogen) atoms. The average Bonchev–Trinajstić information content (AvgIpc) is 2.69. The second kappa shape index (κ2) is 6.49. The Morgan fingerprint density at radius 1 is 1.38 bits per heavy atom. The smallest absolute Gasteiger partial charge is 0.276 e. The molecule has 0 saturated carbocycles. The molecule has 110 valence electrons. The number of benzene rings is 1. The zero-order valence-corrected chi connectivity index (χ0v) is 12.8. The van der Waals surface area contributed by atoms with Crippen molar-refractivity contribution < 1.29 is 9.59 Å². The number of hydrogen-bond donors (Lipinski definition) is 2. The Labute approximate surface area is 129 Å². The molecule has 0 aromatic heterocycles. The highest BCUT2D eigenvalue weighted by Crippen LogP contribution is 2.16. The second-order valence-electron chi connectivity index (χ2n) is 4.75. The van der Waals surface area contributed by atoms with E-state index in [0.717, 1.165) is 17.7 Å². The lowest BCUT2D eigenvalue weighted by Gasteiger charge is -2.11. The SMILES string of the molecule is CCCN1C(=O)/C(=C\c2ccc(NC(C)=O)cc2)NC1=S. The maximum absolute atomic E-state index is 12.2. The predicted molar refractivity (Wildman–Crippen MR) is 86.5 cm³/mol. The van der Waals surface area contributed by atoms with Crippen molar-refractivity contribution in [1.29, 1.82) is 0 Å². The lowest BCUT2D eigenvalue weighted by Crippen LogP contribution is -2.31. The summed E-state index contributed by atoms with van der Waals surface area (Å²) in [5.41, 5.74) is 2.06. The van der Waals surface area contributed by atoms with E-state index in [9.17, 15) is 9.59 Å². The molecule has 0 aliphatic carbocycles. The van der Waals surface area contributed by atoms with Crippen molar-refractivity contribution in [2.24, 2.45) is 0 Å². The van der Waals surface area contributed by atoms with Gasteiger partial charge in [0.15, 0.2) is 5.11 Å². The number of carbonyl (C=O) groups is 2. The van der Waals surface area contributed by atoms with Gasteiger partial charge in [0.1, 0.15) is 5.70 Å². The summed E-state index contributed by atoms with van der Waals surface area (Å²) < 4.78 is 0.